The number of halogens is 1. The quantitative estimate of drug-likeness (QED) is 0.141. The van der Waals surface area contributed by atoms with Crippen LogP contribution in [0.4, 0.5) is 5.82 Å². The zero-order valence-corrected chi connectivity index (χ0v) is 33.0. The minimum absolute atomic E-state index is 0.128. The molecule has 2 N–H and O–H groups in total. The molecule has 4 fully saturated rings. The number of nitrogens with one attached hydrogen (secondary N) is 1. The maximum absolute atomic E-state index is 10.8. The predicted octanol–water partition coefficient (Wildman–Crippen LogP) is 5.58. The summed E-state index contributed by atoms with van der Waals surface area (Å²) in [7, 11) is 0. The number of hydrogen-bond acceptors (Lipinski definition) is 9. The first-order valence-corrected chi connectivity index (χ1v) is 27.0. The van der Waals surface area contributed by atoms with Crippen LogP contribution in [0.2, 0.25) is 5.02 Å². The summed E-state index contributed by atoms with van der Waals surface area (Å²) in [5.74, 6) is 4.44. The number of anilines is 1. The number of aromatic nitrogens is 2. The molecule has 4 heterocycles. The predicted molar refractivity (Wildman–Crippen MR) is 193 cm³/mol. The summed E-state index contributed by atoms with van der Waals surface area (Å²) in [4.78, 5) is 14.9. The van der Waals surface area contributed by atoms with E-state index in [0.29, 0.717) is 35.2 Å². The van der Waals surface area contributed by atoms with E-state index < -0.39 is 23.1 Å². The van der Waals surface area contributed by atoms with Gasteiger partial charge in [0.2, 0.25) is 0 Å². The van der Waals surface area contributed by atoms with Gasteiger partial charge in [-0.1, -0.05) is 0 Å². The molecule has 3 aliphatic heterocycles. The van der Waals surface area contributed by atoms with Crippen LogP contribution in [0.5, 0.6) is 11.8 Å². The molecule has 8 rings (SSSR count). The SMILES string of the molecule is Oc1cc(-c2ccc3c(N4CC5CCC(C4)N5)nc(OCC4(CN5CCOCC5)CC4)nc3c2Cl)c2c(C#[C][Tl]=[P+]=S)cccc2c1. The van der Waals surface area contributed by atoms with Gasteiger partial charge in [-0.05, 0) is 25.7 Å². The molecule has 0 spiro atoms. The van der Waals surface area contributed by atoms with Crippen molar-refractivity contribution in [3.63, 3.8) is 0 Å². The van der Waals surface area contributed by atoms with E-state index in [1.54, 1.807) is 12.1 Å². The Hall–Kier alpha value is -2.04. The van der Waals surface area contributed by atoms with Gasteiger partial charge in [0, 0.05) is 37.1 Å². The standard InChI is InChI=1S/C35H35ClN5O3.PS.Tl/c1-2-22-4-3-5-23-16-26(42)17-29(30(22)23)27-8-9-28-32(31(27)36)38-34(39-33(28)41-18-24-6-7-25(19-41)37-24)44-21-35(10-11-35)20-40-12-14-43-15-13-40;1-2;/h3-5,8-9,16-17,24-25,37,42H,6-7,10-15,18-21H2;;/q;-1;+2. The van der Waals surface area contributed by atoms with Crippen LogP contribution < -0.4 is 15.0 Å². The first kappa shape index (κ1) is 32.2. The Morgan fingerprint density at radius 2 is 1.91 bits per heavy atom. The van der Waals surface area contributed by atoms with Gasteiger partial charge in [0.15, 0.2) is 0 Å². The fourth-order valence-electron chi connectivity index (χ4n) is 7.45. The van der Waals surface area contributed by atoms with Crippen LogP contribution in [0, 0.1) is 14.8 Å². The van der Waals surface area contributed by atoms with E-state index in [4.69, 9.17) is 42.8 Å². The molecule has 0 radical (unpaired) electrons. The molecule has 1 saturated carbocycles. The second-order valence-corrected chi connectivity index (χ2v) is 26.3. The summed E-state index contributed by atoms with van der Waals surface area (Å²) < 4.78 is 16.5. The number of hydrogen-bond donors (Lipinski definition) is 2. The molecular weight excluding hydrogens is 841 g/mol. The molecule has 0 amide bonds. The molecule has 2 unspecified atom stereocenters. The summed E-state index contributed by atoms with van der Waals surface area (Å²) in [6, 6.07) is 15.0. The Bertz CT molecular complexity index is 1980. The van der Waals surface area contributed by atoms with E-state index >= 15 is 0 Å². The van der Waals surface area contributed by atoms with Gasteiger partial charge in [0.1, 0.15) is 0 Å². The van der Waals surface area contributed by atoms with E-state index in [2.05, 4.69) is 30.6 Å². The summed E-state index contributed by atoms with van der Waals surface area (Å²) in [5, 5.41) is 17.9. The third kappa shape index (κ3) is 6.77. The molecule has 3 saturated heterocycles. The minimum atomic E-state index is -1.27. The van der Waals surface area contributed by atoms with Crippen LogP contribution in [0.1, 0.15) is 31.2 Å². The van der Waals surface area contributed by atoms with Gasteiger partial charge in [0.25, 0.3) is 0 Å². The fourth-order valence-corrected chi connectivity index (χ4v) is 11.2. The number of ether oxygens (including phenoxy) is 2. The van der Waals surface area contributed by atoms with E-state index in [9.17, 15) is 5.11 Å². The first-order chi connectivity index (χ1) is 23.0. The molecule has 4 aromatic rings. The molecule has 2 atom stereocenters. The number of nitrogens with zero attached hydrogens (tertiary/aromatic N) is 4. The Morgan fingerprint density at radius 1 is 1.11 bits per heavy atom. The third-order valence-electron chi connectivity index (χ3n) is 9.99. The molecular formula is C35H35ClN5O3PSTl+. The molecule has 12 heteroatoms. The van der Waals surface area contributed by atoms with Crippen molar-refractivity contribution in [2.75, 3.05) is 57.4 Å². The van der Waals surface area contributed by atoms with E-state index in [1.807, 2.05) is 24.3 Å². The number of fused-ring (bicyclic) bond motifs is 4. The molecule has 1 aliphatic carbocycles. The van der Waals surface area contributed by atoms with Crippen molar-refractivity contribution in [1.82, 2.24) is 20.2 Å². The van der Waals surface area contributed by atoms with Gasteiger partial charge < -0.3 is 10.1 Å². The Kier molecular flexibility index (Phi) is 9.38. The van der Waals surface area contributed by atoms with Gasteiger partial charge in [0.05, 0.1) is 13.2 Å². The van der Waals surface area contributed by atoms with E-state index in [0.717, 1.165) is 101 Å². The molecule has 238 valence electrons. The third-order valence-corrected chi connectivity index (χ3v) is 16.7. The molecule has 47 heavy (non-hydrogen) atoms. The Morgan fingerprint density at radius 3 is 2.68 bits per heavy atom. The second kappa shape index (κ2) is 13.7. The van der Waals surface area contributed by atoms with Crippen molar-refractivity contribution in [3.8, 4) is 32.3 Å². The normalized spacial score (nSPS) is 21.7. The first-order valence-electron chi connectivity index (χ1n) is 16.3. The monoisotopic (exact) mass is 876 g/mol. The van der Waals surface area contributed by atoms with Crippen LogP contribution in [0.25, 0.3) is 32.8 Å². The summed E-state index contributed by atoms with van der Waals surface area (Å²) in [5.41, 5.74) is 3.33. The number of rotatable bonds is 7. The number of aromatic hydroxyl groups is 1. The van der Waals surface area contributed by atoms with Crippen LogP contribution in [0.15, 0.2) is 42.5 Å². The second-order valence-electron chi connectivity index (χ2n) is 13.3. The zero-order chi connectivity index (χ0) is 32.0. The van der Waals surface area contributed by atoms with E-state index in [1.165, 1.54) is 12.8 Å². The van der Waals surface area contributed by atoms with Gasteiger partial charge in [-0.3, -0.25) is 4.90 Å². The summed E-state index contributed by atoms with van der Waals surface area (Å²) >= 11 is 11.3. The van der Waals surface area contributed by atoms with Crippen LogP contribution in [-0.4, -0.2) is 108 Å². The number of benzene rings is 3. The fraction of sp³-hybridized carbons (Fsp3) is 0.429. The van der Waals surface area contributed by atoms with Crippen molar-refractivity contribution >= 4 is 78.0 Å². The molecule has 1 aromatic heterocycles. The van der Waals surface area contributed by atoms with E-state index in [-0.39, 0.29) is 11.2 Å². The zero-order valence-electron chi connectivity index (χ0n) is 26.0. The number of phenolic OH excluding ortho intramolecular Hbond substituents is 1. The van der Waals surface area contributed by atoms with Gasteiger partial charge >= 0.3 is 208 Å². The van der Waals surface area contributed by atoms with Gasteiger partial charge in [-0.25, -0.2) is 0 Å². The van der Waals surface area contributed by atoms with Crippen LogP contribution >= 0.6 is 15.6 Å². The maximum atomic E-state index is 10.8. The summed E-state index contributed by atoms with van der Waals surface area (Å²) in [6.45, 7) is 6.88. The average Bonchev–Trinajstić information content (AvgIpc) is 3.77. The van der Waals surface area contributed by atoms with Crippen molar-refractivity contribution in [1.29, 1.82) is 0 Å². The molecule has 8 nitrogen and oxygen atoms in total. The molecule has 2 bridgehead atoms. The Balaban J connectivity index is 1.22. The van der Waals surface area contributed by atoms with Gasteiger partial charge in [-0.15, -0.1) is 0 Å². The number of phenols is 1. The number of piperazine rings is 1. The van der Waals surface area contributed by atoms with Crippen molar-refractivity contribution in [2.45, 2.75) is 37.8 Å². The molecule has 4 aliphatic rings. The number of morpholine rings is 1. The van der Waals surface area contributed by atoms with Crippen molar-refractivity contribution in [3.05, 3.63) is 53.1 Å². The van der Waals surface area contributed by atoms with Gasteiger partial charge in [-0.2, -0.15) is 0 Å². The average molecular weight is 877 g/mol. The molecule has 3 aromatic carbocycles. The van der Waals surface area contributed by atoms with Crippen LogP contribution in [-0.2, 0) is 16.5 Å². The van der Waals surface area contributed by atoms with Crippen LogP contribution in [0.3, 0.4) is 0 Å². The Labute approximate surface area is 296 Å². The topological polar surface area (TPSA) is 83.0 Å². The summed E-state index contributed by atoms with van der Waals surface area (Å²) in [6.07, 6.45) is 4.63. The van der Waals surface area contributed by atoms with Crippen molar-refractivity contribution in [2.24, 2.45) is 5.41 Å². The van der Waals surface area contributed by atoms with Crippen molar-refractivity contribution < 1.29 is 14.6 Å².